The summed E-state index contributed by atoms with van der Waals surface area (Å²) >= 11 is 0. The second-order valence-electron chi connectivity index (χ2n) is 7.32. The van der Waals surface area contributed by atoms with Crippen LogP contribution in [0.4, 0.5) is 0 Å². The summed E-state index contributed by atoms with van der Waals surface area (Å²) in [5.74, 6) is 2.99. The number of aryl methyl sites for hydroxylation is 2. The van der Waals surface area contributed by atoms with E-state index in [1.54, 1.807) is 7.05 Å². The number of halogens is 1. The van der Waals surface area contributed by atoms with Gasteiger partial charge in [0.1, 0.15) is 5.76 Å². The van der Waals surface area contributed by atoms with Crippen LogP contribution in [-0.2, 0) is 6.54 Å². The summed E-state index contributed by atoms with van der Waals surface area (Å²) in [4.78, 5) is 11.4. The van der Waals surface area contributed by atoms with E-state index >= 15 is 0 Å². The van der Waals surface area contributed by atoms with Crippen molar-refractivity contribution in [1.29, 1.82) is 0 Å². The molecule has 1 aromatic rings. The van der Waals surface area contributed by atoms with Crippen LogP contribution in [-0.4, -0.2) is 48.6 Å². The molecule has 0 spiro atoms. The summed E-state index contributed by atoms with van der Waals surface area (Å²) in [5.41, 5.74) is 0.945. The van der Waals surface area contributed by atoms with Gasteiger partial charge in [0, 0.05) is 19.6 Å². The standard InChI is InChI=1S/C19H35N5O.HI/c1-14(2)17(24-10-8-6-7-9-11-24)12-21-19(20-5)22-13-18-23-15(3)16(4)25-18;/h14,17H,6-13H2,1-5H3,(H2,20,21,22);1H. The predicted molar refractivity (Wildman–Crippen MR) is 118 cm³/mol. The highest BCUT2D eigenvalue weighted by Gasteiger charge is 2.22. The number of hydrogen-bond donors (Lipinski definition) is 2. The number of nitrogens with one attached hydrogen (secondary N) is 2. The maximum Gasteiger partial charge on any atom is 0.214 e. The number of rotatable bonds is 6. The molecule has 0 amide bonds. The molecule has 1 saturated heterocycles. The average Bonchev–Trinajstić information content (AvgIpc) is 2.78. The lowest BCUT2D eigenvalue weighted by atomic mass is 10.0. The number of oxazole rings is 1. The van der Waals surface area contributed by atoms with Crippen LogP contribution < -0.4 is 10.6 Å². The van der Waals surface area contributed by atoms with E-state index in [4.69, 9.17) is 4.42 Å². The average molecular weight is 477 g/mol. The van der Waals surface area contributed by atoms with Crippen molar-refractivity contribution >= 4 is 29.9 Å². The van der Waals surface area contributed by atoms with Crippen LogP contribution in [0.2, 0.25) is 0 Å². The first-order chi connectivity index (χ1) is 12.0. The second kappa shape index (κ2) is 11.8. The van der Waals surface area contributed by atoms with Crippen molar-refractivity contribution in [2.45, 2.75) is 66.0 Å². The van der Waals surface area contributed by atoms with Crippen LogP contribution in [0.25, 0.3) is 0 Å². The first-order valence-corrected chi connectivity index (χ1v) is 9.62. The third-order valence-corrected chi connectivity index (χ3v) is 5.06. The van der Waals surface area contributed by atoms with E-state index in [1.807, 2.05) is 13.8 Å². The minimum absolute atomic E-state index is 0. The van der Waals surface area contributed by atoms with Gasteiger partial charge in [0.2, 0.25) is 5.89 Å². The lowest BCUT2D eigenvalue weighted by molar-refractivity contribution is 0.161. The van der Waals surface area contributed by atoms with Crippen LogP contribution in [0, 0.1) is 19.8 Å². The van der Waals surface area contributed by atoms with Gasteiger partial charge < -0.3 is 15.1 Å². The number of aromatic nitrogens is 1. The van der Waals surface area contributed by atoms with E-state index in [2.05, 4.69) is 39.4 Å². The Morgan fingerprint density at radius 1 is 1.15 bits per heavy atom. The molecule has 0 aliphatic carbocycles. The molecule has 0 saturated carbocycles. The second-order valence-corrected chi connectivity index (χ2v) is 7.32. The van der Waals surface area contributed by atoms with Crippen LogP contribution in [0.3, 0.4) is 0 Å². The van der Waals surface area contributed by atoms with Gasteiger partial charge in [-0.05, 0) is 45.7 Å². The summed E-state index contributed by atoms with van der Waals surface area (Å²) < 4.78 is 5.62. The van der Waals surface area contributed by atoms with Crippen molar-refractivity contribution in [1.82, 2.24) is 20.5 Å². The quantitative estimate of drug-likeness (QED) is 0.373. The topological polar surface area (TPSA) is 65.7 Å². The number of guanidine groups is 1. The van der Waals surface area contributed by atoms with E-state index in [-0.39, 0.29) is 24.0 Å². The highest BCUT2D eigenvalue weighted by molar-refractivity contribution is 14.0. The summed E-state index contributed by atoms with van der Waals surface area (Å²) in [5, 5.41) is 6.79. The molecule has 1 aliphatic heterocycles. The van der Waals surface area contributed by atoms with Crippen LogP contribution in [0.1, 0.15) is 56.9 Å². The van der Waals surface area contributed by atoms with Crippen LogP contribution in [0.15, 0.2) is 9.41 Å². The summed E-state index contributed by atoms with van der Waals surface area (Å²) in [7, 11) is 1.80. The van der Waals surface area contributed by atoms with E-state index in [9.17, 15) is 0 Å². The fourth-order valence-corrected chi connectivity index (χ4v) is 3.41. The van der Waals surface area contributed by atoms with E-state index < -0.39 is 0 Å². The third-order valence-electron chi connectivity index (χ3n) is 5.06. The number of aliphatic imine (C=N–C) groups is 1. The maximum absolute atomic E-state index is 5.62. The van der Waals surface area contributed by atoms with E-state index in [0.29, 0.717) is 24.4 Å². The minimum Gasteiger partial charge on any atom is -0.444 e. The molecule has 0 bridgehead atoms. The molecule has 1 fully saturated rings. The Bertz CT molecular complexity index is 531. The largest absolute Gasteiger partial charge is 0.444 e. The van der Waals surface area contributed by atoms with Crippen LogP contribution in [0.5, 0.6) is 0 Å². The molecule has 2 rings (SSSR count). The van der Waals surface area contributed by atoms with Crippen molar-refractivity contribution in [3.8, 4) is 0 Å². The molecule has 2 heterocycles. The molecule has 0 aromatic carbocycles. The first-order valence-electron chi connectivity index (χ1n) is 9.62. The highest BCUT2D eigenvalue weighted by Crippen LogP contribution is 2.17. The smallest absolute Gasteiger partial charge is 0.214 e. The molecule has 26 heavy (non-hydrogen) atoms. The molecular weight excluding hydrogens is 441 g/mol. The fraction of sp³-hybridized carbons (Fsp3) is 0.789. The third kappa shape index (κ3) is 7.06. The van der Waals surface area contributed by atoms with Gasteiger partial charge in [-0.15, -0.1) is 24.0 Å². The van der Waals surface area contributed by atoms with Crippen molar-refractivity contribution in [2.24, 2.45) is 10.9 Å². The maximum atomic E-state index is 5.62. The van der Waals surface area contributed by atoms with Crippen molar-refractivity contribution in [2.75, 3.05) is 26.7 Å². The van der Waals surface area contributed by atoms with Gasteiger partial charge in [0.25, 0.3) is 0 Å². The Kier molecular flexibility index (Phi) is 10.5. The Morgan fingerprint density at radius 3 is 2.31 bits per heavy atom. The van der Waals surface area contributed by atoms with Gasteiger partial charge in [0.05, 0.1) is 12.2 Å². The molecular formula is C19H36IN5O. The Balaban J connectivity index is 0.00000338. The Labute approximate surface area is 175 Å². The first kappa shape index (κ1) is 23.2. The van der Waals surface area contributed by atoms with E-state index in [1.165, 1.54) is 38.8 Å². The zero-order chi connectivity index (χ0) is 18.2. The molecule has 6 nitrogen and oxygen atoms in total. The molecule has 1 aliphatic rings. The Hall–Kier alpha value is -0.830. The molecule has 7 heteroatoms. The van der Waals surface area contributed by atoms with Crippen molar-refractivity contribution in [3.05, 3.63) is 17.3 Å². The highest BCUT2D eigenvalue weighted by atomic mass is 127. The molecule has 0 radical (unpaired) electrons. The van der Waals surface area contributed by atoms with Gasteiger partial charge in [-0.2, -0.15) is 0 Å². The zero-order valence-electron chi connectivity index (χ0n) is 17.0. The lowest BCUT2D eigenvalue weighted by Gasteiger charge is -2.34. The summed E-state index contributed by atoms with van der Waals surface area (Å²) in [6.07, 6.45) is 5.37. The van der Waals surface area contributed by atoms with Crippen molar-refractivity contribution < 1.29 is 4.42 Å². The van der Waals surface area contributed by atoms with Crippen LogP contribution >= 0.6 is 24.0 Å². The Morgan fingerprint density at radius 2 is 1.81 bits per heavy atom. The molecule has 2 N–H and O–H groups in total. The van der Waals surface area contributed by atoms with Gasteiger partial charge >= 0.3 is 0 Å². The number of hydrogen-bond acceptors (Lipinski definition) is 4. The summed E-state index contributed by atoms with van der Waals surface area (Å²) in [6, 6.07) is 0.530. The monoisotopic (exact) mass is 477 g/mol. The molecule has 150 valence electrons. The van der Waals surface area contributed by atoms with Gasteiger partial charge in [-0.25, -0.2) is 4.98 Å². The summed E-state index contributed by atoms with van der Waals surface area (Å²) in [6.45, 7) is 12.4. The van der Waals surface area contributed by atoms with Gasteiger partial charge in [0.15, 0.2) is 5.96 Å². The molecule has 1 aromatic heterocycles. The number of nitrogens with zero attached hydrogens (tertiary/aromatic N) is 3. The fourth-order valence-electron chi connectivity index (χ4n) is 3.41. The zero-order valence-corrected chi connectivity index (χ0v) is 19.3. The van der Waals surface area contributed by atoms with Gasteiger partial charge in [-0.1, -0.05) is 26.7 Å². The minimum atomic E-state index is 0. The van der Waals surface area contributed by atoms with E-state index in [0.717, 1.165) is 24.0 Å². The lowest BCUT2D eigenvalue weighted by Crippen LogP contribution is -2.49. The molecule has 1 unspecified atom stereocenters. The molecule has 1 atom stereocenters. The predicted octanol–water partition coefficient (Wildman–Crippen LogP) is 3.48. The van der Waals surface area contributed by atoms with Gasteiger partial charge in [-0.3, -0.25) is 9.89 Å². The SMILES string of the molecule is CN=C(NCc1nc(C)c(C)o1)NCC(C(C)C)N1CCCCCC1.I. The number of likely N-dealkylation sites (tertiary alicyclic amines) is 1. The van der Waals surface area contributed by atoms with Crippen molar-refractivity contribution in [3.63, 3.8) is 0 Å². The normalized spacial score (nSPS) is 17.5.